The molecule has 2 unspecified atom stereocenters. The lowest BCUT2D eigenvalue weighted by molar-refractivity contribution is -0.194. The van der Waals surface area contributed by atoms with Crippen molar-refractivity contribution in [2.45, 2.75) is 51.7 Å². The number of nitrogens with zero attached hydrogens (tertiary/aromatic N) is 1. The first-order valence-electron chi connectivity index (χ1n) is 12.9. The van der Waals surface area contributed by atoms with Crippen LogP contribution in [-0.4, -0.2) is 78.4 Å². The Balaban J connectivity index is 1.87. The number of rotatable bonds is 10. The fourth-order valence-electron chi connectivity index (χ4n) is 4.09. The topological polar surface area (TPSA) is 143 Å². The first-order chi connectivity index (χ1) is 19.2. The minimum absolute atomic E-state index is 0.0782. The predicted molar refractivity (Wildman–Crippen MR) is 147 cm³/mol. The summed E-state index contributed by atoms with van der Waals surface area (Å²) < 4.78 is 28.1. The molecule has 0 spiro atoms. The average Bonchev–Trinajstić information content (AvgIpc) is 2.98. The third kappa shape index (κ3) is 8.09. The van der Waals surface area contributed by atoms with Crippen molar-refractivity contribution < 1.29 is 43.2 Å². The Kier molecular flexibility index (Phi) is 11.6. The molecule has 1 amide bonds. The summed E-state index contributed by atoms with van der Waals surface area (Å²) in [7, 11) is 1.44. The third-order valence-corrected chi connectivity index (χ3v) is 6.58. The summed E-state index contributed by atoms with van der Waals surface area (Å²) in [4.78, 5) is 43.3. The van der Waals surface area contributed by atoms with Gasteiger partial charge in [0.15, 0.2) is 23.5 Å². The van der Waals surface area contributed by atoms with E-state index in [1.165, 1.54) is 25.1 Å². The number of thioether (sulfide) groups is 1. The number of hydrogen-bond acceptors (Lipinski definition) is 11. The van der Waals surface area contributed by atoms with Crippen molar-refractivity contribution >= 4 is 29.6 Å². The van der Waals surface area contributed by atoms with E-state index in [9.17, 15) is 19.5 Å². The van der Waals surface area contributed by atoms with Gasteiger partial charge in [0, 0.05) is 12.3 Å². The van der Waals surface area contributed by atoms with Crippen LogP contribution in [0.4, 0.5) is 0 Å². The zero-order valence-electron chi connectivity index (χ0n) is 23.2. The molecule has 1 aliphatic heterocycles. The van der Waals surface area contributed by atoms with Crippen molar-refractivity contribution in [1.82, 2.24) is 10.3 Å². The van der Waals surface area contributed by atoms with Gasteiger partial charge in [0.1, 0.15) is 30.6 Å². The highest BCUT2D eigenvalue weighted by Crippen LogP contribution is 2.30. The van der Waals surface area contributed by atoms with E-state index in [0.29, 0.717) is 5.75 Å². The monoisotopic (exact) mass is 576 g/mol. The van der Waals surface area contributed by atoms with Crippen LogP contribution in [0, 0.1) is 11.8 Å². The van der Waals surface area contributed by atoms with Crippen LogP contribution in [0.1, 0.15) is 36.8 Å². The number of amides is 1. The number of nitrogens with one attached hydrogen (secondary N) is 1. The molecule has 1 fully saturated rings. The molecule has 40 heavy (non-hydrogen) atoms. The fourth-order valence-corrected chi connectivity index (χ4v) is 4.33. The molecule has 1 saturated heterocycles. The number of methoxy groups -OCH3 is 1. The Morgan fingerprint density at radius 1 is 1.23 bits per heavy atom. The molecule has 1 aromatic carbocycles. The lowest BCUT2D eigenvalue weighted by Crippen LogP contribution is -2.49. The van der Waals surface area contributed by atoms with Crippen LogP contribution in [0.25, 0.3) is 0 Å². The van der Waals surface area contributed by atoms with Crippen molar-refractivity contribution in [2.75, 3.05) is 25.9 Å². The normalized spacial score (nSPS) is 23.3. The molecule has 0 saturated carbocycles. The van der Waals surface area contributed by atoms with Gasteiger partial charge in [0.2, 0.25) is 0 Å². The molecule has 0 bridgehead atoms. The summed E-state index contributed by atoms with van der Waals surface area (Å²) in [6.07, 6.45) is -0.158. The number of benzene rings is 1. The second-order valence-electron chi connectivity index (χ2n) is 9.54. The van der Waals surface area contributed by atoms with Gasteiger partial charge in [-0.2, -0.15) is 0 Å². The van der Waals surface area contributed by atoms with Gasteiger partial charge in [0.05, 0.1) is 19.1 Å². The molecule has 3 rings (SSSR count). The second-order valence-corrected chi connectivity index (χ2v) is 10.3. The zero-order valence-corrected chi connectivity index (χ0v) is 24.0. The molecular formula is C28H36N2O9S. The van der Waals surface area contributed by atoms with Crippen LogP contribution >= 0.6 is 11.8 Å². The number of aliphatic hydroxyl groups is 1. The van der Waals surface area contributed by atoms with Crippen molar-refractivity contribution in [2.24, 2.45) is 11.8 Å². The van der Waals surface area contributed by atoms with E-state index in [0.717, 1.165) is 5.56 Å². The SMILES string of the molecule is COc1ccnc(C(=O)N[C@H]2COC(=O)C(Cc3ccccc3)[C@@H](OC(=O)C(C)C)[C@H](C)OC2O)c1OCSC. The second kappa shape index (κ2) is 14.9. The van der Waals surface area contributed by atoms with Gasteiger partial charge in [-0.1, -0.05) is 44.2 Å². The van der Waals surface area contributed by atoms with E-state index in [1.807, 2.05) is 36.6 Å². The molecule has 5 atom stereocenters. The van der Waals surface area contributed by atoms with Crippen LogP contribution < -0.4 is 14.8 Å². The minimum atomic E-state index is -1.61. The first-order valence-corrected chi connectivity index (χ1v) is 14.3. The molecule has 1 aliphatic rings. The van der Waals surface area contributed by atoms with Crippen LogP contribution in [-0.2, 0) is 30.2 Å². The maximum absolute atomic E-state index is 13.4. The number of esters is 2. The number of cyclic esters (lactones) is 1. The minimum Gasteiger partial charge on any atom is -0.493 e. The quantitative estimate of drug-likeness (QED) is 0.318. The Hall–Kier alpha value is -3.35. The Morgan fingerprint density at radius 2 is 1.95 bits per heavy atom. The Labute approximate surface area is 237 Å². The number of aromatic nitrogens is 1. The number of hydrogen-bond donors (Lipinski definition) is 2. The van der Waals surface area contributed by atoms with E-state index in [4.69, 9.17) is 23.7 Å². The zero-order chi connectivity index (χ0) is 29.2. The number of aliphatic hydroxyl groups excluding tert-OH is 1. The molecular weight excluding hydrogens is 540 g/mol. The van der Waals surface area contributed by atoms with E-state index >= 15 is 0 Å². The first kappa shape index (κ1) is 31.2. The summed E-state index contributed by atoms with van der Waals surface area (Å²) in [5, 5.41) is 13.6. The molecule has 2 heterocycles. The molecule has 0 radical (unpaired) electrons. The summed E-state index contributed by atoms with van der Waals surface area (Å²) in [6.45, 7) is 4.55. The summed E-state index contributed by atoms with van der Waals surface area (Å²) in [5.74, 6) is -2.58. The Bertz CT molecular complexity index is 1150. The number of carbonyl (C=O) groups is 3. The van der Waals surface area contributed by atoms with Gasteiger partial charge in [-0.05, 0) is 25.2 Å². The average molecular weight is 577 g/mol. The van der Waals surface area contributed by atoms with Gasteiger partial charge in [-0.3, -0.25) is 14.4 Å². The van der Waals surface area contributed by atoms with Crippen molar-refractivity contribution in [3.05, 3.63) is 53.9 Å². The molecule has 2 aromatic rings. The maximum atomic E-state index is 13.4. The van der Waals surface area contributed by atoms with E-state index in [-0.39, 0.29) is 23.8 Å². The Morgan fingerprint density at radius 3 is 2.60 bits per heavy atom. The number of carbonyl (C=O) groups excluding carboxylic acids is 3. The summed E-state index contributed by atoms with van der Waals surface area (Å²) in [5.41, 5.74) is 0.749. The lowest BCUT2D eigenvalue weighted by Gasteiger charge is -2.31. The van der Waals surface area contributed by atoms with E-state index < -0.39 is 60.8 Å². The van der Waals surface area contributed by atoms with Gasteiger partial charge < -0.3 is 34.1 Å². The van der Waals surface area contributed by atoms with Crippen LogP contribution in [0.15, 0.2) is 42.6 Å². The van der Waals surface area contributed by atoms with E-state index in [1.54, 1.807) is 26.8 Å². The van der Waals surface area contributed by atoms with Gasteiger partial charge in [-0.15, -0.1) is 11.8 Å². The fraction of sp³-hybridized carbons (Fsp3) is 0.500. The van der Waals surface area contributed by atoms with Crippen molar-refractivity contribution in [1.29, 1.82) is 0 Å². The molecule has 1 aromatic heterocycles. The highest BCUT2D eigenvalue weighted by molar-refractivity contribution is 7.98. The highest BCUT2D eigenvalue weighted by Gasteiger charge is 2.42. The third-order valence-electron chi connectivity index (χ3n) is 6.23. The largest absolute Gasteiger partial charge is 0.493 e. The summed E-state index contributed by atoms with van der Waals surface area (Å²) in [6, 6.07) is 9.61. The predicted octanol–water partition coefficient (Wildman–Crippen LogP) is 2.59. The smallest absolute Gasteiger partial charge is 0.313 e. The number of pyridine rings is 1. The molecule has 12 heteroatoms. The van der Waals surface area contributed by atoms with Gasteiger partial charge >= 0.3 is 11.9 Å². The lowest BCUT2D eigenvalue weighted by atomic mass is 9.91. The molecule has 11 nitrogen and oxygen atoms in total. The van der Waals surface area contributed by atoms with Crippen LogP contribution in [0.2, 0.25) is 0 Å². The molecule has 0 aliphatic carbocycles. The van der Waals surface area contributed by atoms with Gasteiger partial charge in [-0.25, -0.2) is 4.98 Å². The molecule has 218 valence electrons. The van der Waals surface area contributed by atoms with Crippen LogP contribution in [0.3, 0.4) is 0 Å². The standard InChI is InChI=1S/C28H36N2O9S/c1-16(2)26(32)39-23-17(3)38-28(34)20(14-36-27(33)19(23)13-18-9-7-6-8-10-18)30-25(31)22-24(37-15-40-5)21(35-4)11-12-29-22/h6-12,16-17,19-20,23,28,34H,13-15H2,1-5H3,(H,30,31)/t17-,19?,20-,23-,28?/m0/s1. The summed E-state index contributed by atoms with van der Waals surface area (Å²) >= 11 is 1.40. The van der Waals surface area contributed by atoms with E-state index in [2.05, 4.69) is 10.3 Å². The maximum Gasteiger partial charge on any atom is 0.313 e. The number of ether oxygens (including phenoxy) is 5. The van der Waals surface area contributed by atoms with Gasteiger partial charge in [0.25, 0.3) is 5.91 Å². The molecule has 2 N–H and O–H groups in total. The van der Waals surface area contributed by atoms with Crippen molar-refractivity contribution in [3.63, 3.8) is 0 Å². The van der Waals surface area contributed by atoms with Crippen LogP contribution in [0.5, 0.6) is 11.5 Å². The highest BCUT2D eigenvalue weighted by atomic mass is 32.2. The van der Waals surface area contributed by atoms with Crippen molar-refractivity contribution in [3.8, 4) is 11.5 Å².